The molecule has 0 aliphatic carbocycles. The van der Waals surface area contributed by atoms with Crippen molar-refractivity contribution >= 4 is 5.91 Å². The lowest BCUT2D eigenvalue weighted by Crippen LogP contribution is -2.47. The Morgan fingerprint density at radius 2 is 2.17 bits per heavy atom. The van der Waals surface area contributed by atoms with E-state index in [-0.39, 0.29) is 30.6 Å². The van der Waals surface area contributed by atoms with Gasteiger partial charge < -0.3 is 15.9 Å². The van der Waals surface area contributed by atoms with Crippen LogP contribution in [0.5, 0.6) is 0 Å². The average Bonchev–Trinajstić information content (AvgIpc) is 2.80. The fraction of sp³-hybridized carbons (Fsp3) is 0.615. The van der Waals surface area contributed by atoms with Crippen molar-refractivity contribution in [1.82, 2.24) is 4.90 Å². The van der Waals surface area contributed by atoms with Gasteiger partial charge in [0, 0.05) is 12.1 Å². The maximum absolute atomic E-state index is 11.2. The molecule has 1 rings (SSSR count). The van der Waals surface area contributed by atoms with Crippen LogP contribution in [-0.4, -0.2) is 29.4 Å². The predicted octanol–water partition coefficient (Wildman–Crippen LogP) is 1.25. The van der Waals surface area contributed by atoms with Crippen LogP contribution in [0, 0.1) is 0 Å². The second kappa shape index (κ2) is 6.56. The van der Waals surface area contributed by atoms with E-state index in [9.17, 15) is 4.79 Å². The molecule has 2 atom stereocenters. The van der Waals surface area contributed by atoms with E-state index in [1.807, 2.05) is 37.8 Å². The van der Waals surface area contributed by atoms with Crippen LogP contribution in [0.1, 0.15) is 39.0 Å². The summed E-state index contributed by atoms with van der Waals surface area (Å²) in [4.78, 5) is 13.2. The summed E-state index contributed by atoms with van der Waals surface area (Å²) in [5.74, 6) is 0.419. The number of nitrogens with two attached hydrogens (primary N) is 2. The fourth-order valence-corrected chi connectivity index (χ4v) is 2.09. The number of carbonyl (C=O) groups excluding carboxylic acids is 1. The van der Waals surface area contributed by atoms with Gasteiger partial charge in [0.1, 0.15) is 5.76 Å². The molecule has 18 heavy (non-hydrogen) atoms. The third-order valence-corrected chi connectivity index (χ3v) is 3.07. The Labute approximate surface area is 108 Å². The topological polar surface area (TPSA) is 85.5 Å². The number of furan rings is 1. The van der Waals surface area contributed by atoms with Crippen molar-refractivity contribution in [3.8, 4) is 0 Å². The highest BCUT2D eigenvalue weighted by Crippen LogP contribution is 2.27. The van der Waals surface area contributed by atoms with Gasteiger partial charge in [0.15, 0.2) is 0 Å². The first kappa shape index (κ1) is 14.7. The molecule has 0 bridgehead atoms. The second-order valence-corrected chi connectivity index (χ2v) is 4.76. The van der Waals surface area contributed by atoms with Gasteiger partial charge in [-0.25, -0.2) is 0 Å². The van der Waals surface area contributed by atoms with Crippen LogP contribution in [0.2, 0.25) is 0 Å². The molecule has 0 saturated heterocycles. The molecule has 4 N–H and O–H groups in total. The summed E-state index contributed by atoms with van der Waals surface area (Å²) in [6, 6.07) is 3.64. The molecule has 5 heteroatoms. The number of nitrogens with zero attached hydrogens (tertiary/aromatic N) is 1. The molecule has 5 nitrogen and oxygen atoms in total. The van der Waals surface area contributed by atoms with Crippen molar-refractivity contribution in [2.24, 2.45) is 11.5 Å². The third kappa shape index (κ3) is 3.58. The predicted molar refractivity (Wildman–Crippen MR) is 70.8 cm³/mol. The van der Waals surface area contributed by atoms with Gasteiger partial charge in [-0.2, -0.15) is 0 Å². The van der Waals surface area contributed by atoms with Gasteiger partial charge in [-0.15, -0.1) is 0 Å². The number of rotatable bonds is 7. The molecule has 1 amide bonds. The zero-order valence-electron chi connectivity index (χ0n) is 11.3. The van der Waals surface area contributed by atoms with Gasteiger partial charge >= 0.3 is 0 Å². The van der Waals surface area contributed by atoms with Gasteiger partial charge in [0.25, 0.3) is 0 Å². The second-order valence-electron chi connectivity index (χ2n) is 4.76. The van der Waals surface area contributed by atoms with Crippen molar-refractivity contribution < 1.29 is 9.21 Å². The van der Waals surface area contributed by atoms with Crippen molar-refractivity contribution in [3.05, 3.63) is 24.2 Å². The molecule has 0 aromatic carbocycles. The molecule has 2 unspecified atom stereocenters. The van der Waals surface area contributed by atoms with Crippen LogP contribution >= 0.6 is 0 Å². The largest absolute Gasteiger partial charge is 0.468 e. The summed E-state index contributed by atoms with van der Waals surface area (Å²) in [5, 5.41) is 0. The summed E-state index contributed by atoms with van der Waals surface area (Å²) in [6.07, 6.45) is 2.42. The first-order chi connectivity index (χ1) is 8.47. The zero-order chi connectivity index (χ0) is 13.7. The monoisotopic (exact) mass is 253 g/mol. The summed E-state index contributed by atoms with van der Waals surface area (Å²) < 4.78 is 5.46. The van der Waals surface area contributed by atoms with E-state index in [0.717, 1.165) is 12.2 Å². The molecule has 0 radical (unpaired) electrons. The molecule has 0 fully saturated rings. The van der Waals surface area contributed by atoms with Gasteiger partial charge in [0.05, 0.1) is 18.8 Å². The highest BCUT2D eigenvalue weighted by Gasteiger charge is 2.30. The molecule has 1 aromatic rings. The highest BCUT2D eigenvalue weighted by molar-refractivity contribution is 5.76. The lowest BCUT2D eigenvalue weighted by atomic mass is 10.0. The molecular formula is C13H23N3O2. The SMILES string of the molecule is CCC(N)C(c1ccco1)N(CC(N)=O)C(C)C. The van der Waals surface area contributed by atoms with E-state index >= 15 is 0 Å². The first-order valence-corrected chi connectivity index (χ1v) is 6.30. The van der Waals surface area contributed by atoms with E-state index in [0.29, 0.717) is 0 Å². The molecule has 0 aliphatic rings. The van der Waals surface area contributed by atoms with E-state index in [4.69, 9.17) is 15.9 Å². The van der Waals surface area contributed by atoms with Crippen LogP contribution < -0.4 is 11.5 Å². The minimum atomic E-state index is -0.358. The van der Waals surface area contributed by atoms with Gasteiger partial charge in [-0.05, 0) is 32.4 Å². The van der Waals surface area contributed by atoms with Gasteiger partial charge in [-0.1, -0.05) is 6.92 Å². The van der Waals surface area contributed by atoms with Crippen LogP contribution in [-0.2, 0) is 4.79 Å². The van der Waals surface area contributed by atoms with E-state index in [1.54, 1.807) is 6.26 Å². The zero-order valence-corrected chi connectivity index (χ0v) is 11.3. The Hall–Kier alpha value is -1.33. The summed E-state index contributed by atoms with van der Waals surface area (Å²) in [6.45, 7) is 6.22. The molecule has 0 aliphatic heterocycles. The van der Waals surface area contributed by atoms with E-state index in [1.165, 1.54) is 0 Å². The van der Waals surface area contributed by atoms with Crippen molar-refractivity contribution in [1.29, 1.82) is 0 Å². The number of amides is 1. The van der Waals surface area contributed by atoms with E-state index in [2.05, 4.69) is 0 Å². The van der Waals surface area contributed by atoms with Gasteiger partial charge in [0.2, 0.25) is 5.91 Å². The van der Waals surface area contributed by atoms with Gasteiger partial charge in [-0.3, -0.25) is 9.69 Å². The summed E-state index contributed by atoms with van der Waals surface area (Å²) in [5.41, 5.74) is 11.5. The molecule has 1 heterocycles. The quantitative estimate of drug-likeness (QED) is 0.766. The lowest BCUT2D eigenvalue weighted by Gasteiger charge is -2.35. The standard InChI is InChI=1S/C13H23N3O2/c1-4-10(14)13(11-6-5-7-18-11)16(9(2)3)8-12(15)17/h5-7,9-10,13H,4,8,14H2,1-3H3,(H2,15,17). The maximum atomic E-state index is 11.2. The molecule has 1 aromatic heterocycles. The Morgan fingerprint density at radius 1 is 1.50 bits per heavy atom. The van der Waals surface area contributed by atoms with Crippen LogP contribution in [0.3, 0.4) is 0 Å². The fourth-order valence-electron chi connectivity index (χ4n) is 2.09. The van der Waals surface area contributed by atoms with Crippen LogP contribution in [0.15, 0.2) is 22.8 Å². The Bertz CT molecular complexity index is 362. The van der Waals surface area contributed by atoms with Crippen LogP contribution in [0.25, 0.3) is 0 Å². The normalized spacial score (nSPS) is 15.0. The number of hydrogen-bond acceptors (Lipinski definition) is 4. The lowest BCUT2D eigenvalue weighted by molar-refractivity contribution is -0.120. The first-order valence-electron chi connectivity index (χ1n) is 6.30. The molecule has 0 saturated carbocycles. The minimum absolute atomic E-state index is 0.0992. The smallest absolute Gasteiger partial charge is 0.231 e. The number of primary amides is 1. The highest BCUT2D eigenvalue weighted by atomic mass is 16.3. The summed E-state index contributed by atoms with van der Waals surface area (Å²) in [7, 11) is 0. The van der Waals surface area contributed by atoms with Crippen molar-refractivity contribution in [3.63, 3.8) is 0 Å². The average molecular weight is 253 g/mol. The molecular weight excluding hydrogens is 230 g/mol. The van der Waals surface area contributed by atoms with Crippen LogP contribution in [0.4, 0.5) is 0 Å². The molecule has 102 valence electrons. The third-order valence-electron chi connectivity index (χ3n) is 3.07. The number of hydrogen-bond donors (Lipinski definition) is 2. The van der Waals surface area contributed by atoms with Crippen molar-refractivity contribution in [2.45, 2.75) is 45.3 Å². The number of carbonyl (C=O) groups is 1. The van der Waals surface area contributed by atoms with E-state index < -0.39 is 0 Å². The Morgan fingerprint density at radius 3 is 2.56 bits per heavy atom. The maximum Gasteiger partial charge on any atom is 0.231 e. The minimum Gasteiger partial charge on any atom is -0.468 e. The molecule has 0 spiro atoms. The van der Waals surface area contributed by atoms with Crippen molar-refractivity contribution in [2.75, 3.05) is 6.54 Å². The summed E-state index contributed by atoms with van der Waals surface area (Å²) >= 11 is 0. The Kier molecular flexibility index (Phi) is 5.37. The Balaban J connectivity index is 3.02.